The number of fused-ring (bicyclic) bond motifs is 1. The number of nitrogens with zero attached hydrogens (tertiary/aromatic N) is 2. The highest BCUT2D eigenvalue weighted by atomic mass is 16.7. The monoisotopic (exact) mass is 336 g/mol. The molecule has 128 valence electrons. The minimum absolute atomic E-state index is 0.326. The van der Waals surface area contributed by atoms with Gasteiger partial charge in [0.25, 0.3) is 0 Å². The zero-order valence-corrected chi connectivity index (χ0v) is 13.9. The first-order chi connectivity index (χ1) is 12.4. The highest BCUT2D eigenvalue weighted by Crippen LogP contribution is 2.32. The summed E-state index contributed by atoms with van der Waals surface area (Å²) in [5.41, 5.74) is 2.35. The van der Waals surface area contributed by atoms with Gasteiger partial charge in [0.2, 0.25) is 6.79 Å². The van der Waals surface area contributed by atoms with E-state index in [2.05, 4.69) is 17.1 Å². The normalized spacial score (nSPS) is 12.3. The molecule has 0 unspecified atom stereocenters. The van der Waals surface area contributed by atoms with Crippen LogP contribution in [-0.4, -0.2) is 23.0 Å². The molecule has 0 aliphatic carbocycles. The largest absolute Gasteiger partial charge is 0.494 e. The number of imidazole rings is 1. The summed E-state index contributed by atoms with van der Waals surface area (Å²) in [6.45, 7) is 1.04. The minimum Gasteiger partial charge on any atom is -0.494 e. The van der Waals surface area contributed by atoms with Gasteiger partial charge in [0.15, 0.2) is 11.5 Å². The molecule has 0 N–H and O–H groups in total. The predicted octanol–water partition coefficient (Wildman–Crippen LogP) is 4.00. The molecule has 0 amide bonds. The molecular weight excluding hydrogens is 316 g/mol. The smallest absolute Gasteiger partial charge is 0.231 e. The van der Waals surface area contributed by atoms with Gasteiger partial charge in [-0.2, -0.15) is 0 Å². The van der Waals surface area contributed by atoms with Crippen LogP contribution in [0.4, 0.5) is 0 Å². The van der Waals surface area contributed by atoms with Gasteiger partial charge in [-0.25, -0.2) is 4.98 Å². The lowest BCUT2D eigenvalue weighted by atomic mass is 10.1. The zero-order valence-electron chi connectivity index (χ0n) is 13.9. The van der Waals surface area contributed by atoms with Crippen LogP contribution in [0.2, 0.25) is 0 Å². The lowest BCUT2D eigenvalue weighted by molar-refractivity contribution is 0.174. The first-order valence-electron chi connectivity index (χ1n) is 8.48. The fourth-order valence-corrected chi connectivity index (χ4v) is 2.84. The second-order valence-electron chi connectivity index (χ2n) is 5.96. The molecule has 5 nitrogen and oxygen atoms in total. The minimum atomic E-state index is 0.326. The van der Waals surface area contributed by atoms with Crippen molar-refractivity contribution in [3.8, 4) is 22.9 Å². The van der Waals surface area contributed by atoms with Crippen LogP contribution < -0.4 is 14.2 Å². The molecular formula is C20H20N2O3. The van der Waals surface area contributed by atoms with Gasteiger partial charge in [0.05, 0.1) is 12.9 Å². The third-order valence-corrected chi connectivity index (χ3v) is 4.20. The summed E-state index contributed by atoms with van der Waals surface area (Å²) < 4.78 is 18.5. The van der Waals surface area contributed by atoms with E-state index in [1.54, 1.807) is 12.5 Å². The van der Waals surface area contributed by atoms with Gasteiger partial charge in [0.1, 0.15) is 5.75 Å². The van der Waals surface area contributed by atoms with E-state index in [1.807, 2.05) is 41.1 Å². The van der Waals surface area contributed by atoms with Crippen molar-refractivity contribution in [3.63, 3.8) is 0 Å². The number of benzene rings is 2. The third kappa shape index (κ3) is 3.76. The summed E-state index contributed by atoms with van der Waals surface area (Å²) in [5, 5.41) is 0. The molecule has 1 aliphatic rings. The summed E-state index contributed by atoms with van der Waals surface area (Å²) in [6, 6.07) is 14.2. The van der Waals surface area contributed by atoms with E-state index in [0.717, 1.165) is 48.8 Å². The zero-order chi connectivity index (χ0) is 16.9. The van der Waals surface area contributed by atoms with Crippen LogP contribution in [0.3, 0.4) is 0 Å². The van der Waals surface area contributed by atoms with Gasteiger partial charge >= 0.3 is 0 Å². The van der Waals surface area contributed by atoms with E-state index in [0.29, 0.717) is 6.79 Å². The van der Waals surface area contributed by atoms with E-state index in [9.17, 15) is 0 Å². The Bertz CT molecular complexity index is 813. The van der Waals surface area contributed by atoms with E-state index in [4.69, 9.17) is 14.2 Å². The highest BCUT2D eigenvalue weighted by molar-refractivity contribution is 5.44. The maximum atomic E-state index is 5.82. The number of rotatable bonds is 7. The van der Waals surface area contributed by atoms with Crippen molar-refractivity contribution in [2.75, 3.05) is 13.4 Å². The summed E-state index contributed by atoms with van der Waals surface area (Å²) in [7, 11) is 0. The Morgan fingerprint density at radius 3 is 2.72 bits per heavy atom. The number of hydrogen-bond donors (Lipinski definition) is 0. The molecule has 0 spiro atoms. The van der Waals surface area contributed by atoms with Crippen molar-refractivity contribution in [2.24, 2.45) is 0 Å². The Balaban J connectivity index is 1.20. The van der Waals surface area contributed by atoms with Crippen LogP contribution >= 0.6 is 0 Å². The molecule has 2 aromatic carbocycles. The Kier molecular flexibility index (Phi) is 4.55. The number of aryl methyl sites for hydroxylation is 1. The Morgan fingerprint density at radius 2 is 1.88 bits per heavy atom. The van der Waals surface area contributed by atoms with Crippen LogP contribution in [0.15, 0.2) is 61.2 Å². The molecule has 0 bridgehead atoms. The summed E-state index contributed by atoms with van der Waals surface area (Å²) in [5.74, 6) is 2.59. The molecule has 1 aliphatic heterocycles. The Labute approximate surface area is 146 Å². The van der Waals surface area contributed by atoms with E-state index in [1.165, 1.54) is 5.56 Å². The molecule has 4 rings (SSSR count). The van der Waals surface area contributed by atoms with Crippen molar-refractivity contribution in [1.82, 2.24) is 9.55 Å². The molecule has 3 aromatic rings. The number of aromatic nitrogens is 2. The van der Waals surface area contributed by atoms with E-state index >= 15 is 0 Å². The van der Waals surface area contributed by atoms with Crippen LogP contribution in [0.25, 0.3) is 5.69 Å². The van der Waals surface area contributed by atoms with Gasteiger partial charge in [-0.15, -0.1) is 0 Å². The van der Waals surface area contributed by atoms with E-state index < -0.39 is 0 Å². The van der Waals surface area contributed by atoms with Gasteiger partial charge in [0, 0.05) is 18.1 Å². The van der Waals surface area contributed by atoms with Crippen molar-refractivity contribution in [2.45, 2.75) is 19.3 Å². The second kappa shape index (κ2) is 7.30. The first kappa shape index (κ1) is 15.6. The maximum Gasteiger partial charge on any atom is 0.231 e. The average molecular weight is 336 g/mol. The fraction of sp³-hybridized carbons (Fsp3) is 0.250. The standard InChI is InChI=1S/C20H20N2O3/c1(3-16-4-9-19-20(13-16)25-15-24-19)2-12-23-18-7-5-17(6-8-18)22-11-10-21-14-22/h4-11,13-14H,1-3,12,15H2. The highest BCUT2D eigenvalue weighted by Gasteiger charge is 2.12. The van der Waals surface area contributed by atoms with Crippen molar-refractivity contribution >= 4 is 0 Å². The van der Waals surface area contributed by atoms with Crippen LogP contribution in [-0.2, 0) is 6.42 Å². The van der Waals surface area contributed by atoms with Crippen LogP contribution in [0.5, 0.6) is 17.2 Å². The molecule has 25 heavy (non-hydrogen) atoms. The van der Waals surface area contributed by atoms with Crippen molar-refractivity contribution < 1.29 is 14.2 Å². The summed E-state index contributed by atoms with van der Waals surface area (Å²) >= 11 is 0. The SMILES string of the molecule is c1cn(-c2ccc(OCCCCc3ccc4c(c3)OCO4)cc2)cn1. The molecule has 0 saturated carbocycles. The maximum absolute atomic E-state index is 5.82. The third-order valence-electron chi connectivity index (χ3n) is 4.20. The number of unbranched alkanes of at least 4 members (excludes halogenated alkanes) is 1. The Hall–Kier alpha value is -2.95. The van der Waals surface area contributed by atoms with Crippen LogP contribution in [0, 0.1) is 0 Å². The van der Waals surface area contributed by atoms with Crippen LogP contribution in [0.1, 0.15) is 18.4 Å². The second-order valence-corrected chi connectivity index (χ2v) is 5.96. The molecule has 0 radical (unpaired) electrons. The van der Waals surface area contributed by atoms with E-state index in [-0.39, 0.29) is 0 Å². The quantitative estimate of drug-likeness (QED) is 0.612. The van der Waals surface area contributed by atoms with Gasteiger partial charge in [-0.1, -0.05) is 6.07 Å². The lowest BCUT2D eigenvalue weighted by Crippen LogP contribution is -1.99. The predicted molar refractivity (Wildman–Crippen MR) is 94.6 cm³/mol. The number of hydrogen-bond acceptors (Lipinski definition) is 4. The first-order valence-corrected chi connectivity index (χ1v) is 8.48. The number of ether oxygens (including phenoxy) is 3. The molecule has 2 heterocycles. The van der Waals surface area contributed by atoms with Crippen molar-refractivity contribution in [3.05, 3.63) is 66.7 Å². The summed E-state index contributed by atoms with van der Waals surface area (Å²) in [6.07, 6.45) is 8.58. The molecule has 5 heteroatoms. The van der Waals surface area contributed by atoms with Gasteiger partial charge < -0.3 is 18.8 Å². The molecule has 1 aromatic heterocycles. The Morgan fingerprint density at radius 1 is 1.00 bits per heavy atom. The molecule has 0 fully saturated rings. The molecule has 0 atom stereocenters. The average Bonchev–Trinajstić information content (AvgIpc) is 3.33. The van der Waals surface area contributed by atoms with Crippen molar-refractivity contribution in [1.29, 1.82) is 0 Å². The summed E-state index contributed by atoms with van der Waals surface area (Å²) in [4.78, 5) is 4.05. The fourth-order valence-electron chi connectivity index (χ4n) is 2.84. The molecule has 0 saturated heterocycles. The van der Waals surface area contributed by atoms with Gasteiger partial charge in [-0.3, -0.25) is 0 Å². The van der Waals surface area contributed by atoms with Gasteiger partial charge in [-0.05, 0) is 61.2 Å². The topological polar surface area (TPSA) is 45.5 Å². The lowest BCUT2D eigenvalue weighted by Gasteiger charge is -2.08.